The van der Waals surface area contributed by atoms with E-state index >= 15 is 0 Å². The second-order valence-corrected chi connectivity index (χ2v) is 4.34. The van der Waals surface area contributed by atoms with Gasteiger partial charge < -0.3 is 11.5 Å². The van der Waals surface area contributed by atoms with Gasteiger partial charge in [0, 0.05) is 5.41 Å². The summed E-state index contributed by atoms with van der Waals surface area (Å²) in [6.07, 6.45) is 2.38. The van der Waals surface area contributed by atoms with Crippen LogP contribution < -0.4 is 11.5 Å². The van der Waals surface area contributed by atoms with Crippen molar-refractivity contribution in [2.45, 2.75) is 25.2 Å². The molecule has 0 bridgehead atoms. The average molecular weight is 203 g/mol. The Balaban J connectivity index is 2.23. The summed E-state index contributed by atoms with van der Waals surface area (Å²) in [4.78, 5) is 4.15. The zero-order valence-corrected chi connectivity index (χ0v) is 9.03. The number of nitrogens with zero attached hydrogens (tertiary/aromatic N) is 1. The molecule has 0 saturated heterocycles. The minimum atomic E-state index is 0.190. The minimum Gasteiger partial charge on any atom is -0.370 e. The highest BCUT2D eigenvalue weighted by Crippen LogP contribution is 2.49. The van der Waals surface area contributed by atoms with Gasteiger partial charge in [-0.1, -0.05) is 24.3 Å². The first-order valence-corrected chi connectivity index (χ1v) is 5.26. The van der Waals surface area contributed by atoms with Gasteiger partial charge in [-0.15, -0.1) is 0 Å². The Bertz CT molecular complexity index is 388. The van der Waals surface area contributed by atoms with Crippen LogP contribution in [0.2, 0.25) is 0 Å². The van der Waals surface area contributed by atoms with Crippen molar-refractivity contribution in [2.75, 3.05) is 6.54 Å². The number of hydrogen-bond donors (Lipinski definition) is 2. The van der Waals surface area contributed by atoms with Crippen molar-refractivity contribution < 1.29 is 0 Å². The maximum atomic E-state index is 5.37. The van der Waals surface area contributed by atoms with Crippen LogP contribution in [0.5, 0.6) is 0 Å². The molecule has 3 heteroatoms. The molecule has 3 nitrogen and oxygen atoms in total. The molecule has 15 heavy (non-hydrogen) atoms. The van der Waals surface area contributed by atoms with Crippen LogP contribution in [-0.4, -0.2) is 12.5 Å². The van der Waals surface area contributed by atoms with Crippen molar-refractivity contribution in [2.24, 2.45) is 16.5 Å². The topological polar surface area (TPSA) is 64.4 Å². The van der Waals surface area contributed by atoms with Gasteiger partial charge in [0.2, 0.25) is 0 Å². The molecule has 0 unspecified atom stereocenters. The summed E-state index contributed by atoms with van der Waals surface area (Å²) < 4.78 is 0. The quantitative estimate of drug-likeness (QED) is 0.574. The SMILES string of the molecule is Cc1ccccc1C1(CN=C(N)N)CC1. The Hall–Kier alpha value is -1.51. The van der Waals surface area contributed by atoms with Gasteiger partial charge in [-0.05, 0) is 30.9 Å². The molecule has 0 atom stereocenters. The monoisotopic (exact) mass is 203 g/mol. The van der Waals surface area contributed by atoms with E-state index in [-0.39, 0.29) is 11.4 Å². The smallest absolute Gasteiger partial charge is 0.185 e. The molecule has 2 rings (SSSR count). The van der Waals surface area contributed by atoms with E-state index < -0.39 is 0 Å². The second-order valence-electron chi connectivity index (χ2n) is 4.34. The van der Waals surface area contributed by atoms with E-state index in [4.69, 9.17) is 11.5 Å². The van der Waals surface area contributed by atoms with Crippen LogP contribution in [0, 0.1) is 6.92 Å². The van der Waals surface area contributed by atoms with Crippen LogP contribution in [0.4, 0.5) is 0 Å². The lowest BCUT2D eigenvalue weighted by Crippen LogP contribution is -2.25. The summed E-state index contributed by atoms with van der Waals surface area (Å²) in [5.41, 5.74) is 13.7. The van der Waals surface area contributed by atoms with Gasteiger partial charge in [0.05, 0.1) is 6.54 Å². The number of guanidine groups is 1. The summed E-state index contributed by atoms with van der Waals surface area (Å²) in [5, 5.41) is 0. The van der Waals surface area contributed by atoms with Gasteiger partial charge in [-0.25, -0.2) is 0 Å². The second kappa shape index (κ2) is 3.57. The fourth-order valence-electron chi connectivity index (χ4n) is 2.07. The highest BCUT2D eigenvalue weighted by molar-refractivity contribution is 5.75. The fourth-order valence-corrected chi connectivity index (χ4v) is 2.07. The largest absolute Gasteiger partial charge is 0.370 e. The molecule has 4 N–H and O–H groups in total. The third kappa shape index (κ3) is 1.96. The average Bonchev–Trinajstić information content (AvgIpc) is 2.97. The van der Waals surface area contributed by atoms with Crippen LogP contribution in [0.15, 0.2) is 29.3 Å². The van der Waals surface area contributed by atoms with Crippen molar-refractivity contribution in [1.82, 2.24) is 0 Å². The summed E-state index contributed by atoms with van der Waals surface area (Å²) in [7, 11) is 0. The molecule has 0 spiro atoms. The highest BCUT2D eigenvalue weighted by Gasteiger charge is 2.44. The van der Waals surface area contributed by atoms with Crippen molar-refractivity contribution in [3.8, 4) is 0 Å². The number of aliphatic imine (C=N–C) groups is 1. The van der Waals surface area contributed by atoms with E-state index in [2.05, 4.69) is 36.2 Å². The first-order valence-electron chi connectivity index (χ1n) is 5.26. The van der Waals surface area contributed by atoms with Crippen LogP contribution in [0.3, 0.4) is 0 Å². The van der Waals surface area contributed by atoms with E-state index in [9.17, 15) is 0 Å². The van der Waals surface area contributed by atoms with E-state index in [1.54, 1.807) is 0 Å². The van der Waals surface area contributed by atoms with Crippen molar-refractivity contribution in [1.29, 1.82) is 0 Å². The number of benzene rings is 1. The maximum Gasteiger partial charge on any atom is 0.185 e. The van der Waals surface area contributed by atoms with Crippen molar-refractivity contribution in [3.63, 3.8) is 0 Å². The molecule has 80 valence electrons. The maximum absolute atomic E-state index is 5.37. The molecule has 0 aromatic heterocycles. The standard InChI is InChI=1S/C12H17N3/c1-9-4-2-3-5-10(9)12(6-7-12)8-15-11(13)14/h2-5H,6-8H2,1H3,(H4,13,14,15). The molecule has 0 heterocycles. The molecule has 0 radical (unpaired) electrons. The zero-order chi connectivity index (χ0) is 10.9. The summed E-state index contributed by atoms with van der Waals surface area (Å²) in [5.74, 6) is 0.190. The highest BCUT2D eigenvalue weighted by atomic mass is 15.0. The molecule has 1 aliphatic carbocycles. The van der Waals surface area contributed by atoms with E-state index in [1.165, 1.54) is 24.0 Å². The number of hydrogen-bond acceptors (Lipinski definition) is 1. The van der Waals surface area contributed by atoms with E-state index in [0.717, 1.165) is 6.54 Å². The molecular weight excluding hydrogens is 186 g/mol. The van der Waals surface area contributed by atoms with Gasteiger partial charge in [0.1, 0.15) is 0 Å². The number of aryl methyl sites for hydroxylation is 1. The van der Waals surface area contributed by atoms with Crippen molar-refractivity contribution >= 4 is 5.96 Å². The molecule has 0 amide bonds. The van der Waals surface area contributed by atoms with Gasteiger partial charge in [0.15, 0.2) is 5.96 Å². The molecule has 1 fully saturated rings. The predicted octanol–water partition coefficient (Wildman–Crippen LogP) is 1.30. The third-order valence-corrected chi connectivity index (χ3v) is 3.13. The summed E-state index contributed by atoms with van der Waals surface area (Å²) >= 11 is 0. The Morgan fingerprint density at radius 1 is 1.33 bits per heavy atom. The molecular formula is C12H17N3. The Kier molecular flexibility index (Phi) is 2.39. The molecule has 1 aliphatic rings. The fraction of sp³-hybridized carbons (Fsp3) is 0.417. The first kappa shape index (κ1) is 10.0. The Morgan fingerprint density at radius 3 is 2.53 bits per heavy atom. The van der Waals surface area contributed by atoms with Crippen LogP contribution in [-0.2, 0) is 5.41 Å². The normalized spacial score (nSPS) is 17.1. The van der Waals surface area contributed by atoms with Gasteiger partial charge in [-0.2, -0.15) is 0 Å². The number of rotatable bonds is 3. The lowest BCUT2D eigenvalue weighted by Gasteiger charge is -2.15. The molecule has 1 aromatic rings. The predicted molar refractivity (Wildman–Crippen MR) is 62.8 cm³/mol. The van der Waals surface area contributed by atoms with Crippen LogP contribution >= 0.6 is 0 Å². The Morgan fingerprint density at radius 2 is 2.00 bits per heavy atom. The lowest BCUT2D eigenvalue weighted by atomic mass is 9.92. The lowest BCUT2D eigenvalue weighted by molar-refractivity contribution is 0.699. The molecule has 1 aromatic carbocycles. The minimum absolute atomic E-state index is 0.190. The molecule has 1 saturated carbocycles. The van der Waals surface area contributed by atoms with E-state index in [0.29, 0.717) is 0 Å². The van der Waals surface area contributed by atoms with E-state index in [1.807, 2.05) is 0 Å². The van der Waals surface area contributed by atoms with Crippen LogP contribution in [0.1, 0.15) is 24.0 Å². The summed E-state index contributed by atoms with van der Waals surface area (Å²) in [6, 6.07) is 8.48. The van der Waals surface area contributed by atoms with Gasteiger partial charge >= 0.3 is 0 Å². The number of nitrogens with two attached hydrogens (primary N) is 2. The summed E-state index contributed by atoms with van der Waals surface area (Å²) in [6.45, 7) is 2.87. The van der Waals surface area contributed by atoms with Crippen LogP contribution in [0.25, 0.3) is 0 Å². The first-order chi connectivity index (χ1) is 7.14. The molecule has 0 aliphatic heterocycles. The van der Waals surface area contributed by atoms with Crippen molar-refractivity contribution in [3.05, 3.63) is 35.4 Å². The Labute approximate surface area is 90.2 Å². The van der Waals surface area contributed by atoms with Gasteiger partial charge in [-0.3, -0.25) is 4.99 Å². The van der Waals surface area contributed by atoms with Gasteiger partial charge in [0.25, 0.3) is 0 Å². The third-order valence-electron chi connectivity index (χ3n) is 3.13. The zero-order valence-electron chi connectivity index (χ0n) is 9.03.